The van der Waals surface area contributed by atoms with Crippen LogP contribution in [0.15, 0.2) is 30.5 Å². The molecule has 4 heteroatoms. The van der Waals surface area contributed by atoms with Crippen molar-refractivity contribution in [1.82, 2.24) is 9.88 Å². The van der Waals surface area contributed by atoms with E-state index in [1.54, 1.807) is 0 Å². The Morgan fingerprint density at radius 3 is 2.33 bits per heavy atom. The molecule has 0 aliphatic heterocycles. The predicted octanol–water partition coefficient (Wildman–Crippen LogP) is 6.08. The highest BCUT2D eigenvalue weighted by Gasteiger charge is 2.48. The molecule has 4 saturated carbocycles. The van der Waals surface area contributed by atoms with Gasteiger partial charge < -0.3 is 9.88 Å². The molecule has 1 amide bonds. The minimum absolute atomic E-state index is 0.149. The molecule has 4 fully saturated rings. The fourth-order valence-corrected chi connectivity index (χ4v) is 7.15. The Bertz CT molecular complexity index is 860. The molecule has 30 heavy (non-hydrogen) atoms. The summed E-state index contributed by atoms with van der Waals surface area (Å²) < 4.78 is 2.31. The van der Waals surface area contributed by atoms with Gasteiger partial charge in [-0.15, -0.1) is 0 Å². The quantitative estimate of drug-likeness (QED) is 0.371. The molecule has 0 radical (unpaired) electrons. The summed E-state index contributed by atoms with van der Waals surface area (Å²) in [6.07, 6.45) is 15.1. The summed E-state index contributed by atoms with van der Waals surface area (Å²) in [5.74, 6) is 4.46. The standard InChI is InChI=1S/C26H36N2OS/c29-26(27-25-20-13-18-12-19(15-20)16-21(25)14-18)23-17-28(10-6-2-1-3-7-11-30)24-9-5-4-8-22(23)24/h4-5,8-9,17-21,25,30H,1-3,6-7,10-16H2,(H,27,29). The zero-order valence-electron chi connectivity index (χ0n) is 18.1. The van der Waals surface area contributed by atoms with Crippen LogP contribution >= 0.6 is 12.6 Å². The zero-order valence-corrected chi connectivity index (χ0v) is 19.0. The summed E-state index contributed by atoms with van der Waals surface area (Å²) in [6, 6.07) is 8.83. The molecule has 6 rings (SSSR count). The second-order valence-electron chi connectivity index (χ2n) is 10.2. The first-order chi connectivity index (χ1) is 14.7. The van der Waals surface area contributed by atoms with E-state index in [9.17, 15) is 4.79 Å². The number of amides is 1. The van der Waals surface area contributed by atoms with Crippen molar-refractivity contribution in [2.45, 2.75) is 76.8 Å². The SMILES string of the molecule is O=C(NC1C2CC3CC(C2)CC1C3)c1cn(CCCCCCCS)c2ccccc12. The van der Waals surface area contributed by atoms with Crippen molar-refractivity contribution in [1.29, 1.82) is 0 Å². The lowest BCUT2D eigenvalue weighted by atomic mass is 9.54. The number of hydrogen-bond donors (Lipinski definition) is 2. The Morgan fingerprint density at radius 1 is 0.933 bits per heavy atom. The van der Waals surface area contributed by atoms with Gasteiger partial charge in [-0.3, -0.25) is 4.79 Å². The molecule has 3 nitrogen and oxygen atoms in total. The molecule has 1 N–H and O–H groups in total. The van der Waals surface area contributed by atoms with E-state index in [1.807, 2.05) is 0 Å². The van der Waals surface area contributed by atoms with Crippen molar-refractivity contribution in [2.24, 2.45) is 23.7 Å². The molecular weight excluding hydrogens is 388 g/mol. The lowest BCUT2D eigenvalue weighted by molar-refractivity contribution is -0.0119. The van der Waals surface area contributed by atoms with Gasteiger partial charge in [0.1, 0.15) is 0 Å². The summed E-state index contributed by atoms with van der Waals surface area (Å²) >= 11 is 4.30. The molecule has 0 saturated heterocycles. The molecule has 162 valence electrons. The molecule has 0 atom stereocenters. The molecule has 0 unspecified atom stereocenters. The van der Waals surface area contributed by atoms with Crippen LogP contribution in [-0.4, -0.2) is 22.3 Å². The van der Waals surface area contributed by atoms with Gasteiger partial charge in [0.2, 0.25) is 0 Å². The topological polar surface area (TPSA) is 34.0 Å². The lowest BCUT2D eigenvalue weighted by Crippen LogP contribution is -2.55. The molecule has 4 aliphatic carbocycles. The van der Waals surface area contributed by atoms with Crippen molar-refractivity contribution < 1.29 is 4.79 Å². The first kappa shape index (κ1) is 20.5. The van der Waals surface area contributed by atoms with Crippen LogP contribution in [0, 0.1) is 23.7 Å². The molecule has 4 bridgehead atoms. The summed E-state index contributed by atoms with van der Waals surface area (Å²) in [7, 11) is 0. The molecular formula is C26H36N2OS. The van der Waals surface area contributed by atoms with Crippen LogP contribution in [0.4, 0.5) is 0 Å². The maximum Gasteiger partial charge on any atom is 0.253 e. The van der Waals surface area contributed by atoms with Crippen LogP contribution in [-0.2, 0) is 6.54 Å². The highest BCUT2D eigenvalue weighted by Crippen LogP contribution is 2.53. The number of fused-ring (bicyclic) bond motifs is 1. The van der Waals surface area contributed by atoms with Crippen LogP contribution in [0.2, 0.25) is 0 Å². The largest absolute Gasteiger partial charge is 0.349 e. The zero-order chi connectivity index (χ0) is 20.5. The van der Waals surface area contributed by atoms with Crippen LogP contribution < -0.4 is 5.32 Å². The third kappa shape index (κ3) is 4.04. The highest BCUT2D eigenvalue weighted by molar-refractivity contribution is 7.80. The van der Waals surface area contributed by atoms with Crippen LogP contribution in [0.5, 0.6) is 0 Å². The first-order valence-electron chi connectivity index (χ1n) is 12.2. The van der Waals surface area contributed by atoms with Crippen LogP contribution in [0.1, 0.15) is 74.6 Å². The monoisotopic (exact) mass is 424 g/mol. The van der Waals surface area contributed by atoms with E-state index < -0.39 is 0 Å². The normalized spacial score (nSPS) is 29.6. The van der Waals surface area contributed by atoms with Gasteiger partial charge in [0, 0.05) is 29.7 Å². The van der Waals surface area contributed by atoms with Gasteiger partial charge in [-0.2, -0.15) is 12.6 Å². The Kier molecular flexibility index (Phi) is 6.13. The lowest BCUT2D eigenvalue weighted by Gasteiger charge is -2.54. The van der Waals surface area contributed by atoms with Gasteiger partial charge >= 0.3 is 0 Å². The number of rotatable bonds is 9. The number of para-hydroxylation sites is 1. The number of thiol groups is 1. The molecule has 1 aromatic heterocycles. The fraction of sp³-hybridized carbons (Fsp3) is 0.654. The number of nitrogens with one attached hydrogen (secondary N) is 1. The average molecular weight is 425 g/mol. The van der Waals surface area contributed by atoms with Gasteiger partial charge in [0.15, 0.2) is 0 Å². The molecule has 4 aliphatic rings. The third-order valence-corrected chi connectivity index (χ3v) is 8.43. The van der Waals surface area contributed by atoms with Crippen LogP contribution in [0.25, 0.3) is 10.9 Å². The van der Waals surface area contributed by atoms with E-state index in [2.05, 4.69) is 53.0 Å². The van der Waals surface area contributed by atoms with E-state index in [0.29, 0.717) is 6.04 Å². The molecule has 1 aromatic carbocycles. The van der Waals surface area contributed by atoms with Crippen LogP contribution in [0.3, 0.4) is 0 Å². The number of nitrogens with zero attached hydrogens (tertiary/aromatic N) is 1. The Hall–Kier alpha value is -1.42. The maximum atomic E-state index is 13.4. The van der Waals surface area contributed by atoms with Gasteiger partial charge in [-0.1, -0.05) is 37.5 Å². The number of aromatic nitrogens is 1. The van der Waals surface area contributed by atoms with E-state index in [1.165, 1.54) is 69.7 Å². The molecule has 1 heterocycles. The van der Waals surface area contributed by atoms with Gasteiger partial charge in [-0.25, -0.2) is 0 Å². The minimum atomic E-state index is 0.149. The number of benzene rings is 1. The van der Waals surface area contributed by atoms with Crippen molar-refractivity contribution in [2.75, 3.05) is 5.75 Å². The van der Waals surface area contributed by atoms with Crippen molar-refractivity contribution in [3.05, 3.63) is 36.0 Å². The Morgan fingerprint density at radius 2 is 1.60 bits per heavy atom. The van der Waals surface area contributed by atoms with E-state index in [-0.39, 0.29) is 5.91 Å². The number of aryl methyl sites for hydroxylation is 1. The van der Waals surface area contributed by atoms with Crippen molar-refractivity contribution in [3.8, 4) is 0 Å². The predicted molar refractivity (Wildman–Crippen MR) is 127 cm³/mol. The van der Waals surface area contributed by atoms with Gasteiger partial charge in [0.05, 0.1) is 5.56 Å². The Labute approximate surface area is 186 Å². The van der Waals surface area contributed by atoms with Crippen molar-refractivity contribution in [3.63, 3.8) is 0 Å². The Balaban J connectivity index is 1.27. The average Bonchev–Trinajstić information content (AvgIpc) is 3.11. The summed E-state index contributed by atoms with van der Waals surface area (Å²) in [5, 5.41) is 4.62. The number of hydrogen-bond acceptors (Lipinski definition) is 2. The summed E-state index contributed by atoms with van der Waals surface area (Å²) in [5.41, 5.74) is 2.07. The first-order valence-corrected chi connectivity index (χ1v) is 12.9. The van der Waals surface area contributed by atoms with Gasteiger partial charge in [0.25, 0.3) is 5.91 Å². The number of unbranched alkanes of at least 4 members (excludes halogenated alkanes) is 4. The van der Waals surface area contributed by atoms with Crippen molar-refractivity contribution >= 4 is 29.4 Å². The van der Waals surface area contributed by atoms with E-state index >= 15 is 0 Å². The highest BCUT2D eigenvalue weighted by atomic mass is 32.1. The maximum absolute atomic E-state index is 13.4. The fourth-order valence-electron chi connectivity index (χ4n) is 6.93. The minimum Gasteiger partial charge on any atom is -0.349 e. The third-order valence-electron chi connectivity index (χ3n) is 8.11. The second-order valence-corrected chi connectivity index (χ2v) is 10.6. The number of carbonyl (C=O) groups is 1. The summed E-state index contributed by atoms with van der Waals surface area (Å²) in [6.45, 7) is 0.993. The van der Waals surface area contributed by atoms with E-state index in [0.717, 1.165) is 46.9 Å². The second kappa shape index (κ2) is 8.98. The van der Waals surface area contributed by atoms with E-state index in [4.69, 9.17) is 0 Å². The summed E-state index contributed by atoms with van der Waals surface area (Å²) in [4.78, 5) is 13.4. The van der Waals surface area contributed by atoms with Gasteiger partial charge in [-0.05, 0) is 80.4 Å². The molecule has 0 spiro atoms. The smallest absolute Gasteiger partial charge is 0.253 e. The number of carbonyl (C=O) groups excluding carboxylic acids is 1. The molecule has 2 aromatic rings.